The van der Waals surface area contributed by atoms with E-state index in [1.165, 1.54) is 0 Å². The van der Waals surface area contributed by atoms with Gasteiger partial charge in [0.1, 0.15) is 0 Å². The van der Waals surface area contributed by atoms with Crippen molar-refractivity contribution >= 4 is 11.5 Å². The first kappa shape index (κ1) is 11.4. The predicted octanol–water partition coefficient (Wildman–Crippen LogP) is 2.87. The van der Waals surface area contributed by atoms with Crippen molar-refractivity contribution in [3.63, 3.8) is 0 Å². The molecular formula is C13H16N4. The molecule has 1 aromatic carbocycles. The summed E-state index contributed by atoms with van der Waals surface area (Å²) >= 11 is 0. The quantitative estimate of drug-likeness (QED) is 0.624. The zero-order valence-electron chi connectivity index (χ0n) is 9.85. The monoisotopic (exact) mass is 228 g/mol. The van der Waals surface area contributed by atoms with Gasteiger partial charge in [-0.3, -0.25) is 0 Å². The molecule has 0 radical (unpaired) electrons. The molecule has 0 saturated heterocycles. The van der Waals surface area contributed by atoms with Crippen molar-refractivity contribution in [2.45, 2.75) is 19.8 Å². The molecule has 4 nitrogen and oxygen atoms in total. The van der Waals surface area contributed by atoms with Crippen LogP contribution in [0, 0.1) is 0 Å². The Hall–Kier alpha value is -2.10. The fourth-order valence-electron chi connectivity index (χ4n) is 1.60. The first-order chi connectivity index (χ1) is 8.29. The Kier molecular flexibility index (Phi) is 3.55. The number of nitrogens with one attached hydrogen (secondary N) is 1. The van der Waals surface area contributed by atoms with Gasteiger partial charge < -0.3 is 10.7 Å². The van der Waals surface area contributed by atoms with Gasteiger partial charge in [0.15, 0.2) is 0 Å². The second-order valence-corrected chi connectivity index (χ2v) is 3.85. The number of rotatable bonds is 4. The predicted molar refractivity (Wildman–Crippen MR) is 70.2 cm³/mol. The molecule has 3 N–H and O–H groups in total. The average molecular weight is 228 g/mol. The molecule has 2 rings (SSSR count). The highest BCUT2D eigenvalue weighted by molar-refractivity contribution is 5.83. The SMILES string of the molecule is CCC/C(N)=N/c1ccc(-c2c[nH]cn2)cc1. The number of nitrogens with two attached hydrogens (primary N) is 1. The first-order valence-electron chi connectivity index (χ1n) is 5.72. The summed E-state index contributed by atoms with van der Waals surface area (Å²) in [5, 5.41) is 0. The number of aliphatic imine (C=N–C) groups is 1. The zero-order valence-corrected chi connectivity index (χ0v) is 9.85. The number of nitrogens with zero attached hydrogens (tertiary/aromatic N) is 2. The molecule has 0 aliphatic heterocycles. The van der Waals surface area contributed by atoms with Crippen LogP contribution in [0.1, 0.15) is 19.8 Å². The van der Waals surface area contributed by atoms with E-state index in [-0.39, 0.29) is 0 Å². The van der Waals surface area contributed by atoms with Crippen LogP contribution in [0.5, 0.6) is 0 Å². The number of benzene rings is 1. The molecule has 88 valence electrons. The zero-order chi connectivity index (χ0) is 12.1. The number of aromatic nitrogens is 2. The van der Waals surface area contributed by atoms with Gasteiger partial charge in [-0.1, -0.05) is 19.1 Å². The molecule has 0 saturated carbocycles. The lowest BCUT2D eigenvalue weighted by Crippen LogP contribution is -2.09. The Labute approximate surface area is 101 Å². The van der Waals surface area contributed by atoms with Gasteiger partial charge in [-0.05, 0) is 18.6 Å². The van der Waals surface area contributed by atoms with E-state index in [2.05, 4.69) is 21.9 Å². The normalized spacial score (nSPS) is 11.7. The summed E-state index contributed by atoms with van der Waals surface area (Å²) in [6.45, 7) is 2.09. The van der Waals surface area contributed by atoms with Crippen LogP contribution in [0.3, 0.4) is 0 Å². The topological polar surface area (TPSA) is 67.1 Å². The summed E-state index contributed by atoms with van der Waals surface area (Å²) < 4.78 is 0. The molecule has 0 unspecified atom stereocenters. The molecule has 0 aliphatic rings. The Bertz CT molecular complexity index is 483. The molecule has 0 atom stereocenters. The van der Waals surface area contributed by atoms with E-state index in [0.717, 1.165) is 29.8 Å². The van der Waals surface area contributed by atoms with Crippen LogP contribution < -0.4 is 5.73 Å². The first-order valence-corrected chi connectivity index (χ1v) is 5.72. The molecule has 2 aromatic rings. The lowest BCUT2D eigenvalue weighted by Gasteiger charge is -2.00. The van der Waals surface area contributed by atoms with Gasteiger partial charge in [-0.15, -0.1) is 0 Å². The minimum Gasteiger partial charge on any atom is -0.387 e. The molecule has 0 spiro atoms. The van der Waals surface area contributed by atoms with Crippen LogP contribution in [-0.4, -0.2) is 15.8 Å². The highest BCUT2D eigenvalue weighted by Gasteiger charge is 1.99. The van der Waals surface area contributed by atoms with Gasteiger partial charge in [0, 0.05) is 18.2 Å². The summed E-state index contributed by atoms with van der Waals surface area (Å²) in [5.74, 6) is 0.681. The third-order valence-corrected chi connectivity index (χ3v) is 2.44. The number of hydrogen-bond donors (Lipinski definition) is 2. The van der Waals surface area contributed by atoms with Crippen molar-refractivity contribution in [3.05, 3.63) is 36.8 Å². The number of amidine groups is 1. The van der Waals surface area contributed by atoms with Crippen molar-refractivity contribution in [1.29, 1.82) is 0 Å². The van der Waals surface area contributed by atoms with Crippen LogP contribution in [-0.2, 0) is 0 Å². The number of aromatic amines is 1. The largest absolute Gasteiger partial charge is 0.387 e. The molecule has 1 aromatic heterocycles. The fourth-order valence-corrected chi connectivity index (χ4v) is 1.60. The van der Waals surface area contributed by atoms with Crippen LogP contribution in [0.15, 0.2) is 41.8 Å². The van der Waals surface area contributed by atoms with E-state index >= 15 is 0 Å². The summed E-state index contributed by atoms with van der Waals surface area (Å²) in [5.41, 5.74) is 8.67. The number of imidazole rings is 1. The van der Waals surface area contributed by atoms with Crippen molar-refractivity contribution in [2.24, 2.45) is 10.7 Å². The third kappa shape index (κ3) is 2.93. The Morgan fingerprint density at radius 2 is 2.12 bits per heavy atom. The maximum atomic E-state index is 5.78. The second kappa shape index (κ2) is 5.30. The lowest BCUT2D eigenvalue weighted by molar-refractivity contribution is 0.983. The summed E-state index contributed by atoms with van der Waals surface area (Å²) in [4.78, 5) is 11.5. The highest BCUT2D eigenvalue weighted by Crippen LogP contribution is 2.20. The van der Waals surface area contributed by atoms with Crippen molar-refractivity contribution < 1.29 is 0 Å². The van der Waals surface area contributed by atoms with Gasteiger partial charge in [-0.25, -0.2) is 9.98 Å². The van der Waals surface area contributed by atoms with Crippen LogP contribution in [0.25, 0.3) is 11.3 Å². The lowest BCUT2D eigenvalue weighted by atomic mass is 10.1. The van der Waals surface area contributed by atoms with Gasteiger partial charge in [0.2, 0.25) is 0 Å². The molecule has 17 heavy (non-hydrogen) atoms. The fraction of sp³-hybridized carbons (Fsp3) is 0.231. The smallest absolute Gasteiger partial charge is 0.0996 e. The Morgan fingerprint density at radius 1 is 1.35 bits per heavy atom. The van der Waals surface area contributed by atoms with E-state index in [1.54, 1.807) is 6.33 Å². The van der Waals surface area contributed by atoms with E-state index in [1.807, 2.05) is 30.5 Å². The van der Waals surface area contributed by atoms with Crippen molar-refractivity contribution in [2.75, 3.05) is 0 Å². The minimum absolute atomic E-state index is 0.681. The van der Waals surface area contributed by atoms with E-state index in [4.69, 9.17) is 5.73 Å². The molecule has 0 bridgehead atoms. The standard InChI is InChI=1S/C13H16N4/c1-2-3-13(14)17-11-6-4-10(5-7-11)12-8-15-9-16-12/h4-9H,2-3H2,1H3,(H2,14,17)(H,15,16). The van der Waals surface area contributed by atoms with Crippen molar-refractivity contribution in [3.8, 4) is 11.3 Å². The molecule has 0 aliphatic carbocycles. The van der Waals surface area contributed by atoms with Gasteiger partial charge in [0.25, 0.3) is 0 Å². The van der Waals surface area contributed by atoms with Crippen LogP contribution >= 0.6 is 0 Å². The van der Waals surface area contributed by atoms with Crippen LogP contribution in [0.2, 0.25) is 0 Å². The molecule has 4 heteroatoms. The average Bonchev–Trinajstić information content (AvgIpc) is 2.84. The van der Waals surface area contributed by atoms with Gasteiger partial charge in [0.05, 0.1) is 23.5 Å². The Morgan fingerprint density at radius 3 is 2.71 bits per heavy atom. The number of H-pyrrole nitrogens is 1. The highest BCUT2D eigenvalue weighted by atomic mass is 14.9. The number of hydrogen-bond acceptors (Lipinski definition) is 2. The molecule has 0 amide bonds. The summed E-state index contributed by atoms with van der Waals surface area (Å²) in [6.07, 6.45) is 5.38. The van der Waals surface area contributed by atoms with Gasteiger partial charge in [-0.2, -0.15) is 0 Å². The van der Waals surface area contributed by atoms with E-state index in [9.17, 15) is 0 Å². The molecule has 1 heterocycles. The minimum atomic E-state index is 0.681. The second-order valence-electron chi connectivity index (χ2n) is 3.85. The molecule has 0 fully saturated rings. The Balaban J connectivity index is 2.16. The van der Waals surface area contributed by atoms with Crippen molar-refractivity contribution in [1.82, 2.24) is 9.97 Å². The maximum Gasteiger partial charge on any atom is 0.0996 e. The third-order valence-electron chi connectivity index (χ3n) is 2.44. The van der Waals surface area contributed by atoms with Gasteiger partial charge >= 0.3 is 0 Å². The maximum absolute atomic E-state index is 5.78. The summed E-state index contributed by atoms with van der Waals surface area (Å²) in [6, 6.07) is 7.89. The molecular weight excluding hydrogens is 212 g/mol. The van der Waals surface area contributed by atoms with E-state index in [0.29, 0.717) is 5.84 Å². The van der Waals surface area contributed by atoms with E-state index < -0.39 is 0 Å². The van der Waals surface area contributed by atoms with Crippen LogP contribution in [0.4, 0.5) is 5.69 Å². The summed E-state index contributed by atoms with van der Waals surface area (Å²) in [7, 11) is 0.